The van der Waals surface area contributed by atoms with Crippen LogP contribution in [0.3, 0.4) is 0 Å². The number of aromatic nitrogens is 3. The van der Waals surface area contributed by atoms with Gasteiger partial charge in [-0.15, -0.1) is 11.3 Å². The molecule has 0 saturated heterocycles. The Hall–Kier alpha value is -2.47. The zero-order valence-corrected chi connectivity index (χ0v) is 17.4. The molecule has 0 unspecified atom stereocenters. The van der Waals surface area contributed by atoms with Crippen LogP contribution in [0.5, 0.6) is 0 Å². The van der Waals surface area contributed by atoms with E-state index in [1.807, 2.05) is 32.5 Å². The first-order valence-corrected chi connectivity index (χ1v) is 10.1. The van der Waals surface area contributed by atoms with E-state index in [0.29, 0.717) is 11.6 Å². The summed E-state index contributed by atoms with van der Waals surface area (Å²) in [5.41, 5.74) is 6.26. The van der Waals surface area contributed by atoms with Gasteiger partial charge in [0, 0.05) is 28.7 Å². The van der Waals surface area contributed by atoms with E-state index >= 15 is 0 Å². The Balaban J connectivity index is 1.73. The highest BCUT2D eigenvalue weighted by molar-refractivity contribution is 7.16. The third kappa shape index (κ3) is 4.27. The van der Waals surface area contributed by atoms with Crippen LogP contribution in [0.1, 0.15) is 40.7 Å². The second-order valence-corrected chi connectivity index (χ2v) is 8.07. The number of nitrogens with zero attached hydrogens (tertiary/aromatic N) is 3. The number of benzene rings is 1. The highest BCUT2D eigenvalue weighted by Gasteiger charge is 2.16. The standard InChI is InChI=1S/C21H26N4OS/c1-6-7-16-8-10-17(11-9-16)20-15(4)27-21(23-20)22-19(26)12-18-13(2)24-25(5)14(18)3/h8-11H,6-7,12H2,1-5H3,(H,22,23,26). The molecule has 142 valence electrons. The third-order valence-corrected chi connectivity index (χ3v) is 5.69. The lowest BCUT2D eigenvalue weighted by atomic mass is 10.1. The molecule has 3 aromatic rings. The van der Waals surface area contributed by atoms with E-state index in [1.165, 1.54) is 16.9 Å². The van der Waals surface area contributed by atoms with Crippen molar-refractivity contribution < 1.29 is 4.79 Å². The lowest BCUT2D eigenvalue weighted by molar-refractivity contribution is -0.115. The van der Waals surface area contributed by atoms with Crippen molar-refractivity contribution in [2.45, 2.75) is 47.0 Å². The number of hydrogen-bond donors (Lipinski definition) is 1. The maximum Gasteiger partial charge on any atom is 0.230 e. The van der Waals surface area contributed by atoms with Crippen LogP contribution >= 0.6 is 11.3 Å². The predicted octanol–water partition coefficient (Wildman–Crippen LogP) is 4.60. The van der Waals surface area contributed by atoms with Crippen molar-refractivity contribution in [3.63, 3.8) is 0 Å². The molecule has 0 aliphatic carbocycles. The van der Waals surface area contributed by atoms with Gasteiger partial charge >= 0.3 is 0 Å². The lowest BCUT2D eigenvalue weighted by Crippen LogP contribution is -2.15. The number of carbonyl (C=O) groups is 1. The second-order valence-electron chi connectivity index (χ2n) is 6.87. The molecule has 6 heteroatoms. The number of amides is 1. The summed E-state index contributed by atoms with van der Waals surface area (Å²) in [6.45, 7) is 8.14. The van der Waals surface area contributed by atoms with Crippen LogP contribution < -0.4 is 5.32 Å². The van der Waals surface area contributed by atoms with Gasteiger partial charge in [-0.2, -0.15) is 5.10 Å². The quantitative estimate of drug-likeness (QED) is 0.678. The van der Waals surface area contributed by atoms with Gasteiger partial charge in [0.1, 0.15) is 0 Å². The highest BCUT2D eigenvalue weighted by Crippen LogP contribution is 2.30. The minimum Gasteiger partial charge on any atom is -0.302 e. The summed E-state index contributed by atoms with van der Waals surface area (Å²) in [6.07, 6.45) is 2.54. The van der Waals surface area contributed by atoms with Gasteiger partial charge in [0.15, 0.2) is 5.13 Å². The molecule has 0 saturated carbocycles. The average molecular weight is 383 g/mol. The summed E-state index contributed by atoms with van der Waals surface area (Å²) in [4.78, 5) is 18.2. The van der Waals surface area contributed by atoms with E-state index < -0.39 is 0 Å². The van der Waals surface area contributed by atoms with E-state index in [9.17, 15) is 4.79 Å². The van der Waals surface area contributed by atoms with Gasteiger partial charge in [0.05, 0.1) is 17.8 Å². The number of anilines is 1. The van der Waals surface area contributed by atoms with Gasteiger partial charge in [-0.05, 0) is 32.8 Å². The third-order valence-electron chi connectivity index (χ3n) is 4.81. The van der Waals surface area contributed by atoms with E-state index in [4.69, 9.17) is 0 Å². The molecule has 1 aromatic carbocycles. The minimum absolute atomic E-state index is 0.0622. The number of aryl methyl sites for hydroxylation is 4. The molecule has 3 rings (SSSR count). The Morgan fingerprint density at radius 1 is 1.19 bits per heavy atom. The van der Waals surface area contributed by atoms with E-state index in [-0.39, 0.29) is 5.91 Å². The van der Waals surface area contributed by atoms with Crippen molar-refractivity contribution >= 4 is 22.4 Å². The number of nitrogens with one attached hydrogen (secondary N) is 1. The van der Waals surface area contributed by atoms with Crippen molar-refractivity contribution in [3.8, 4) is 11.3 Å². The molecular weight excluding hydrogens is 356 g/mol. The van der Waals surface area contributed by atoms with Gasteiger partial charge in [-0.1, -0.05) is 37.6 Å². The van der Waals surface area contributed by atoms with Crippen molar-refractivity contribution in [2.75, 3.05) is 5.32 Å². The summed E-state index contributed by atoms with van der Waals surface area (Å²) in [5, 5.41) is 7.96. The van der Waals surface area contributed by atoms with Crippen LogP contribution in [-0.4, -0.2) is 20.7 Å². The Kier molecular flexibility index (Phi) is 5.75. The molecule has 5 nitrogen and oxygen atoms in total. The van der Waals surface area contributed by atoms with Crippen molar-refractivity contribution in [3.05, 3.63) is 51.7 Å². The van der Waals surface area contributed by atoms with Crippen LogP contribution in [0.15, 0.2) is 24.3 Å². The zero-order valence-electron chi connectivity index (χ0n) is 16.6. The SMILES string of the molecule is CCCc1ccc(-c2nc(NC(=O)Cc3c(C)nn(C)c3C)sc2C)cc1. The first kappa shape index (κ1) is 19.3. The molecule has 0 bridgehead atoms. The molecule has 1 N–H and O–H groups in total. The van der Waals surface area contributed by atoms with Gasteiger partial charge in [-0.25, -0.2) is 4.98 Å². The van der Waals surface area contributed by atoms with Crippen molar-refractivity contribution in [1.82, 2.24) is 14.8 Å². The smallest absolute Gasteiger partial charge is 0.230 e. The monoisotopic (exact) mass is 382 g/mol. The number of rotatable bonds is 6. The Morgan fingerprint density at radius 2 is 1.89 bits per heavy atom. The van der Waals surface area contributed by atoms with Gasteiger partial charge in [-0.3, -0.25) is 9.48 Å². The second kappa shape index (κ2) is 8.05. The van der Waals surface area contributed by atoms with E-state index in [0.717, 1.165) is 45.9 Å². The van der Waals surface area contributed by atoms with Crippen molar-refractivity contribution in [2.24, 2.45) is 7.05 Å². The molecule has 2 aromatic heterocycles. The maximum absolute atomic E-state index is 12.5. The van der Waals surface area contributed by atoms with Crippen LogP contribution in [-0.2, 0) is 24.7 Å². The first-order valence-electron chi connectivity index (χ1n) is 9.24. The fourth-order valence-corrected chi connectivity index (χ4v) is 4.08. The van der Waals surface area contributed by atoms with E-state index in [2.05, 4.69) is 46.6 Å². The van der Waals surface area contributed by atoms with Gasteiger partial charge in [0.2, 0.25) is 5.91 Å². The highest BCUT2D eigenvalue weighted by atomic mass is 32.1. The Labute approximate surface area is 164 Å². The molecule has 0 radical (unpaired) electrons. The molecule has 2 heterocycles. The predicted molar refractivity (Wildman–Crippen MR) is 111 cm³/mol. The Morgan fingerprint density at radius 3 is 2.48 bits per heavy atom. The Bertz CT molecular complexity index is 953. The van der Waals surface area contributed by atoms with Crippen LogP contribution in [0.4, 0.5) is 5.13 Å². The number of hydrogen-bond acceptors (Lipinski definition) is 4. The number of thiazole rings is 1. The lowest BCUT2D eigenvalue weighted by Gasteiger charge is -2.03. The maximum atomic E-state index is 12.5. The normalized spacial score (nSPS) is 11.0. The summed E-state index contributed by atoms with van der Waals surface area (Å²) < 4.78 is 1.81. The van der Waals surface area contributed by atoms with Crippen LogP contribution in [0.25, 0.3) is 11.3 Å². The number of carbonyl (C=O) groups excluding carboxylic acids is 1. The molecule has 0 spiro atoms. The van der Waals surface area contributed by atoms with Crippen molar-refractivity contribution in [1.29, 1.82) is 0 Å². The van der Waals surface area contributed by atoms with Gasteiger partial charge < -0.3 is 5.32 Å². The van der Waals surface area contributed by atoms with Crippen LogP contribution in [0, 0.1) is 20.8 Å². The van der Waals surface area contributed by atoms with Crippen LogP contribution in [0.2, 0.25) is 0 Å². The molecule has 1 amide bonds. The summed E-state index contributed by atoms with van der Waals surface area (Å²) >= 11 is 1.51. The largest absolute Gasteiger partial charge is 0.302 e. The molecule has 0 atom stereocenters. The zero-order chi connectivity index (χ0) is 19.6. The molecule has 27 heavy (non-hydrogen) atoms. The van der Waals surface area contributed by atoms with Gasteiger partial charge in [0.25, 0.3) is 0 Å². The average Bonchev–Trinajstić information content (AvgIpc) is 3.10. The van der Waals surface area contributed by atoms with E-state index in [1.54, 1.807) is 0 Å². The summed E-state index contributed by atoms with van der Waals surface area (Å²) in [6, 6.07) is 8.54. The fourth-order valence-electron chi connectivity index (χ4n) is 3.23. The molecule has 0 fully saturated rings. The minimum atomic E-state index is -0.0622. The summed E-state index contributed by atoms with van der Waals surface area (Å²) in [7, 11) is 1.89. The molecule has 0 aliphatic heterocycles. The topological polar surface area (TPSA) is 59.8 Å². The molecular formula is C21H26N4OS. The summed E-state index contributed by atoms with van der Waals surface area (Å²) in [5.74, 6) is -0.0622. The fraction of sp³-hybridized carbons (Fsp3) is 0.381. The first-order chi connectivity index (χ1) is 12.9. The molecule has 0 aliphatic rings.